The van der Waals surface area contributed by atoms with Crippen LogP contribution >= 0.6 is 11.3 Å². The van der Waals surface area contributed by atoms with Crippen LogP contribution < -0.4 is 10.2 Å². The van der Waals surface area contributed by atoms with E-state index in [1.54, 1.807) is 13.8 Å². The summed E-state index contributed by atoms with van der Waals surface area (Å²) in [6.07, 6.45) is 0. The first-order valence-corrected chi connectivity index (χ1v) is 8.93. The Balaban J connectivity index is 2.20. The van der Waals surface area contributed by atoms with Crippen molar-refractivity contribution in [3.63, 3.8) is 0 Å². The molecule has 1 aromatic carbocycles. The number of rotatable bonds is 4. The van der Waals surface area contributed by atoms with Gasteiger partial charge < -0.3 is 4.57 Å². The van der Waals surface area contributed by atoms with Gasteiger partial charge in [0, 0.05) is 7.05 Å². The third-order valence-corrected chi connectivity index (χ3v) is 6.26. The summed E-state index contributed by atoms with van der Waals surface area (Å²) in [6.45, 7) is 3.09. The molecule has 0 unspecified atom stereocenters. The lowest BCUT2D eigenvalue weighted by molar-refractivity contribution is -0.118. The van der Waals surface area contributed by atoms with Crippen molar-refractivity contribution in [3.05, 3.63) is 29.1 Å². The molecule has 0 aliphatic heterocycles. The molecule has 0 saturated heterocycles. The minimum atomic E-state index is -3.41. The Bertz CT molecular complexity index is 832. The van der Waals surface area contributed by atoms with E-state index < -0.39 is 26.7 Å². The summed E-state index contributed by atoms with van der Waals surface area (Å²) in [5, 5.41) is 3.42. The average Bonchev–Trinajstić information content (AvgIpc) is 2.73. The van der Waals surface area contributed by atoms with Gasteiger partial charge in [0.2, 0.25) is 4.80 Å². The lowest BCUT2D eigenvalue weighted by Crippen LogP contribution is -2.32. The molecule has 21 heavy (non-hydrogen) atoms. The molecular formula is C13H17N3O3S2. The summed E-state index contributed by atoms with van der Waals surface area (Å²) >= 11 is 1.42. The van der Waals surface area contributed by atoms with Gasteiger partial charge >= 0.3 is 0 Å². The van der Waals surface area contributed by atoms with E-state index in [1.807, 2.05) is 35.9 Å². The third-order valence-electron chi connectivity index (χ3n) is 3.04. The fourth-order valence-electron chi connectivity index (χ4n) is 1.68. The highest BCUT2D eigenvalue weighted by atomic mass is 32.2. The molecule has 1 heterocycles. The summed E-state index contributed by atoms with van der Waals surface area (Å²) in [5.41, 5.74) is 3.31. The standard InChI is InChI=1S/C13H17N3O3S2/c1-9(2)21(18,19)8-12(17)14-15-13-16(3)10-6-4-5-7-11(10)20-13/h4-7,9H,8H2,1-3H3,(H,14,17). The van der Waals surface area contributed by atoms with Crippen LogP contribution in [-0.2, 0) is 21.7 Å². The Labute approximate surface area is 127 Å². The van der Waals surface area contributed by atoms with Crippen LogP contribution in [0.5, 0.6) is 0 Å². The van der Waals surface area contributed by atoms with E-state index in [0.717, 1.165) is 10.2 Å². The molecule has 8 heteroatoms. The minimum Gasteiger partial charge on any atom is -0.318 e. The molecule has 1 N–H and O–H groups in total. The SMILES string of the molecule is CC(C)S(=O)(=O)CC(=O)NN=c1sc2ccccc2n1C. The second-order valence-electron chi connectivity index (χ2n) is 4.91. The highest BCUT2D eigenvalue weighted by Gasteiger charge is 2.20. The molecule has 0 aliphatic rings. The van der Waals surface area contributed by atoms with Crippen LogP contribution in [0.15, 0.2) is 29.4 Å². The fraction of sp³-hybridized carbons (Fsp3) is 0.385. The van der Waals surface area contributed by atoms with E-state index in [4.69, 9.17) is 0 Å². The summed E-state index contributed by atoms with van der Waals surface area (Å²) in [7, 11) is -1.57. The number of hydrogen-bond donors (Lipinski definition) is 1. The van der Waals surface area contributed by atoms with Gasteiger partial charge in [-0.1, -0.05) is 23.5 Å². The number of benzene rings is 1. The summed E-state index contributed by atoms with van der Waals surface area (Å²) < 4.78 is 26.2. The van der Waals surface area contributed by atoms with E-state index in [2.05, 4.69) is 10.5 Å². The van der Waals surface area contributed by atoms with E-state index in [-0.39, 0.29) is 0 Å². The first-order chi connectivity index (χ1) is 9.81. The highest BCUT2D eigenvalue weighted by molar-refractivity contribution is 7.92. The van der Waals surface area contributed by atoms with Crippen molar-refractivity contribution in [3.8, 4) is 0 Å². The number of carbonyl (C=O) groups is 1. The quantitative estimate of drug-likeness (QED) is 0.851. The molecular weight excluding hydrogens is 310 g/mol. The van der Waals surface area contributed by atoms with Crippen molar-refractivity contribution in [2.75, 3.05) is 5.75 Å². The predicted octanol–water partition coefficient (Wildman–Crippen LogP) is 0.995. The van der Waals surface area contributed by atoms with Crippen molar-refractivity contribution < 1.29 is 13.2 Å². The zero-order chi connectivity index (χ0) is 15.6. The lowest BCUT2D eigenvalue weighted by Gasteiger charge is -2.05. The normalized spacial score (nSPS) is 13.0. The van der Waals surface area contributed by atoms with Crippen molar-refractivity contribution in [2.45, 2.75) is 19.1 Å². The predicted molar refractivity (Wildman–Crippen MR) is 83.4 cm³/mol. The Morgan fingerprint density at radius 2 is 2.05 bits per heavy atom. The van der Waals surface area contributed by atoms with Crippen LogP contribution in [0.4, 0.5) is 0 Å². The number of carbonyl (C=O) groups excluding carboxylic acids is 1. The Morgan fingerprint density at radius 1 is 1.38 bits per heavy atom. The number of aryl methyl sites for hydroxylation is 1. The molecule has 1 aromatic heterocycles. The first-order valence-electron chi connectivity index (χ1n) is 6.40. The number of sulfone groups is 1. The molecule has 0 atom stereocenters. The topological polar surface area (TPSA) is 80.5 Å². The molecule has 0 bridgehead atoms. The first kappa shape index (κ1) is 15.7. The van der Waals surface area contributed by atoms with Crippen molar-refractivity contribution in [1.82, 2.24) is 9.99 Å². The number of hydrogen-bond acceptors (Lipinski definition) is 5. The van der Waals surface area contributed by atoms with Crippen LogP contribution in [0.1, 0.15) is 13.8 Å². The van der Waals surface area contributed by atoms with Gasteiger partial charge in [-0.15, -0.1) is 5.10 Å². The van der Waals surface area contributed by atoms with Crippen LogP contribution in [0, 0.1) is 0 Å². The fourth-order valence-corrected chi connectivity index (χ4v) is 3.42. The van der Waals surface area contributed by atoms with Gasteiger partial charge in [0.25, 0.3) is 5.91 Å². The number of aromatic nitrogens is 1. The van der Waals surface area contributed by atoms with Crippen molar-refractivity contribution in [2.24, 2.45) is 12.1 Å². The van der Waals surface area contributed by atoms with Gasteiger partial charge in [-0.3, -0.25) is 4.79 Å². The van der Waals surface area contributed by atoms with Crippen LogP contribution in [0.3, 0.4) is 0 Å². The second-order valence-corrected chi connectivity index (χ2v) is 8.48. The maximum absolute atomic E-state index is 11.7. The number of nitrogens with zero attached hydrogens (tertiary/aromatic N) is 2. The molecule has 0 saturated carbocycles. The van der Waals surface area contributed by atoms with Gasteiger partial charge in [0.1, 0.15) is 5.75 Å². The van der Waals surface area contributed by atoms with Crippen LogP contribution in [0.25, 0.3) is 10.2 Å². The monoisotopic (exact) mass is 327 g/mol. The molecule has 0 radical (unpaired) electrons. The smallest absolute Gasteiger partial charge is 0.255 e. The van der Waals surface area contributed by atoms with Crippen molar-refractivity contribution in [1.29, 1.82) is 0 Å². The zero-order valence-corrected chi connectivity index (χ0v) is 13.7. The van der Waals surface area contributed by atoms with Gasteiger partial charge in [-0.2, -0.15) is 0 Å². The molecule has 0 fully saturated rings. The molecule has 0 aliphatic carbocycles. The lowest BCUT2D eigenvalue weighted by atomic mass is 10.3. The summed E-state index contributed by atoms with van der Waals surface area (Å²) in [5.74, 6) is -1.18. The van der Waals surface area contributed by atoms with Gasteiger partial charge in [0.05, 0.1) is 15.5 Å². The molecule has 114 valence electrons. The summed E-state index contributed by atoms with van der Waals surface area (Å²) in [6, 6.07) is 7.77. The Hall–Kier alpha value is -1.67. The van der Waals surface area contributed by atoms with E-state index in [9.17, 15) is 13.2 Å². The van der Waals surface area contributed by atoms with Crippen molar-refractivity contribution >= 4 is 37.3 Å². The van der Waals surface area contributed by atoms with E-state index >= 15 is 0 Å². The average molecular weight is 327 g/mol. The Kier molecular flexibility index (Phi) is 4.48. The van der Waals surface area contributed by atoms with Gasteiger partial charge in [-0.05, 0) is 26.0 Å². The second kappa shape index (κ2) is 5.98. The summed E-state index contributed by atoms with van der Waals surface area (Å²) in [4.78, 5) is 12.3. The maximum atomic E-state index is 11.7. The maximum Gasteiger partial charge on any atom is 0.255 e. The van der Waals surface area contributed by atoms with Gasteiger partial charge in [0.15, 0.2) is 9.84 Å². The third kappa shape index (κ3) is 3.51. The number of thiazole rings is 1. The zero-order valence-electron chi connectivity index (χ0n) is 12.0. The molecule has 2 rings (SSSR count). The molecule has 6 nitrogen and oxygen atoms in total. The molecule has 0 spiro atoms. The van der Waals surface area contributed by atoms with Crippen LogP contribution in [0.2, 0.25) is 0 Å². The number of amides is 1. The largest absolute Gasteiger partial charge is 0.318 e. The Morgan fingerprint density at radius 3 is 2.67 bits per heavy atom. The highest BCUT2D eigenvalue weighted by Crippen LogP contribution is 2.14. The van der Waals surface area contributed by atoms with Crippen LogP contribution in [-0.4, -0.2) is 29.9 Å². The molecule has 2 aromatic rings. The number of para-hydroxylation sites is 1. The number of nitrogens with one attached hydrogen (secondary N) is 1. The minimum absolute atomic E-state index is 0.553. The molecule has 1 amide bonds. The van der Waals surface area contributed by atoms with Gasteiger partial charge in [-0.25, -0.2) is 13.8 Å². The van der Waals surface area contributed by atoms with E-state index in [0.29, 0.717) is 4.80 Å². The number of fused-ring (bicyclic) bond motifs is 1. The van der Waals surface area contributed by atoms with E-state index in [1.165, 1.54) is 11.3 Å².